The van der Waals surface area contributed by atoms with Crippen LogP contribution in [-0.4, -0.2) is 33.4 Å². The van der Waals surface area contributed by atoms with E-state index in [2.05, 4.69) is 15.4 Å². The van der Waals surface area contributed by atoms with Gasteiger partial charge in [-0.15, -0.1) is 0 Å². The SMILES string of the molecule is CC(NC(=O)CCNS(=O)(=O)c1ccc(F)cc1)c1ccc2c(c1)NC(=O)CO2. The molecule has 1 heterocycles. The molecule has 3 rings (SSSR count). The van der Waals surface area contributed by atoms with Crippen LogP contribution in [0.15, 0.2) is 47.4 Å². The van der Waals surface area contributed by atoms with Crippen LogP contribution >= 0.6 is 0 Å². The molecule has 29 heavy (non-hydrogen) atoms. The molecule has 1 aliphatic heterocycles. The van der Waals surface area contributed by atoms with Crippen LogP contribution in [0.2, 0.25) is 0 Å². The second kappa shape index (κ2) is 8.58. The van der Waals surface area contributed by atoms with Gasteiger partial charge in [0, 0.05) is 13.0 Å². The number of carbonyl (C=O) groups excluding carboxylic acids is 2. The van der Waals surface area contributed by atoms with E-state index in [-0.39, 0.29) is 42.3 Å². The number of sulfonamides is 1. The molecule has 0 aliphatic carbocycles. The summed E-state index contributed by atoms with van der Waals surface area (Å²) in [5.41, 5.74) is 1.29. The molecule has 0 fully saturated rings. The van der Waals surface area contributed by atoms with Gasteiger partial charge in [0.15, 0.2) is 6.61 Å². The molecular formula is C19H20FN3O5S. The van der Waals surface area contributed by atoms with Crippen molar-refractivity contribution in [2.75, 3.05) is 18.5 Å². The quantitative estimate of drug-likeness (QED) is 0.630. The molecule has 1 unspecified atom stereocenters. The minimum Gasteiger partial charge on any atom is -0.482 e. The van der Waals surface area contributed by atoms with Gasteiger partial charge in [0.2, 0.25) is 15.9 Å². The predicted octanol–water partition coefficient (Wildman–Crippen LogP) is 1.70. The van der Waals surface area contributed by atoms with Crippen LogP contribution in [-0.2, 0) is 19.6 Å². The zero-order chi connectivity index (χ0) is 21.0. The van der Waals surface area contributed by atoms with Crippen LogP contribution in [0.25, 0.3) is 0 Å². The van der Waals surface area contributed by atoms with Gasteiger partial charge in [-0.1, -0.05) is 6.07 Å². The average Bonchev–Trinajstić information content (AvgIpc) is 2.67. The van der Waals surface area contributed by atoms with E-state index in [4.69, 9.17) is 4.74 Å². The van der Waals surface area contributed by atoms with Gasteiger partial charge >= 0.3 is 0 Å². The molecule has 0 spiro atoms. The monoisotopic (exact) mass is 421 g/mol. The number of rotatable bonds is 7. The van der Waals surface area contributed by atoms with Gasteiger partial charge < -0.3 is 15.4 Å². The third kappa shape index (κ3) is 5.30. The molecule has 2 aromatic rings. The van der Waals surface area contributed by atoms with E-state index in [1.165, 1.54) is 0 Å². The van der Waals surface area contributed by atoms with Gasteiger partial charge in [-0.25, -0.2) is 17.5 Å². The van der Waals surface area contributed by atoms with Gasteiger partial charge in [0.25, 0.3) is 5.91 Å². The number of hydrogen-bond acceptors (Lipinski definition) is 5. The van der Waals surface area contributed by atoms with Crippen molar-refractivity contribution in [1.29, 1.82) is 0 Å². The summed E-state index contributed by atoms with van der Waals surface area (Å²) in [5, 5.41) is 5.47. The Bertz CT molecular complexity index is 1020. The Kier molecular flexibility index (Phi) is 6.14. The van der Waals surface area contributed by atoms with Crippen LogP contribution < -0.4 is 20.1 Å². The molecule has 0 saturated carbocycles. The summed E-state index contributed by atoms with van der Waals surface area (Å²) in [4.78, 5) is 23.5. The summed E-state index contributed by atoms with van der Waals surface area (Å²) in [5.74, 6) is -0.579. The van der Waals surface area contributed by atoms with Crippen molar-refractivity contribution in [3.63, 3.8) is 0 Å². The van der Waals surface area contributed by atoms with Gasteiger partial charge in [-0.2, -0.15) is 0 Å². The molecule has 0 saturated heterocycles. The van der Waals surface area contributed by atoms with E-state index in [0.29, 0.717) is 11.4 Å². The third-order valence-electron chi connectivity index (χ3n) is 4.28. The molecular weight excluding hydrogens is 401 g/mol. The van der Waals surface area contributed by atoms with Crippen molar-refractivity contribution >= 4 is 27.5 Å². The maximum atomic E-state index is 12.9. The summed E-state index contributed by atoms with van der Waals surface area (Å²) in [6.45, 7) is 1.63. The summed E-state index contributed by atoms with van der Waals surface area (Å²) < 4.78 is 44.8. The lowest BCUT2D eigenvalue weighted by Gasteiger charge is -2.21. The highest BCUT2D eigenvalue weighted by molar-refractivity contribution is 7.89. The predicted molar refractivity (Wildman–Crippen MR) is 103 cm³/mol. The average molecular weight is 421 g/mol. The van der Waals surface area contributed by atoms with E-state index in [1.807, 2.05) is 0 Å². The second-order valence-electron chi connectivity index (χ2n) is 6.48. The number of amides is 2. The molecule has 1 atom stereocenters. The first kappa shape index (κ1) is 20.7. The zero-order valence-corrected chi connectivity index (χ0v) is 16.4. The molecule has 3 N–H and O–H groups in total. The molecule has 0 radical (unpaired) electrons. The van der Waals surface area contributed by atoms with Crippen molar-refractivity contribution in [3.05, 3.63) is 53.8 Å². The first-order valence-electron chi connectivity index (χ1n) is 8.86. The largest absolute Gasteiger partial charge is 0.482 e. The van der Waals surface area contributed by atoms with Crippen LogP contribution in [0.4, 0.5) is 10.1 Å². The van der Waals surface area contributed by atoms with Crippen molar-refractivity contribution < 1.29 is 27.1 Å². The van der Waals surface area contributed by atoms with E-state index in [1.54, 1.807) is 25.1 Å². The highest BCUT2D eigenvalue weighted by Crippen LogP contribution is 2.30. The van der Waals surface area contributed by atoms with Crippen molar-refractivity contribution in [2.45, 2.75) is 24.3 Å². The number of benzene rings is 2. The minimum absolute atomic E-state index is 0.0353. The maximum absolute atomic E-state index is 12.9. The number of carbonyl (C=O) groups is 2. The zero-order valence-electron chi connectivity index (χ0n) is 15.6. The maximum Gasteiger partial charge on any atom is 0.262 e. The molecule has 2 amide bonds. The fourth-order valence-corrected chi connectivity index (χ4v) is 3.79. The fourth-order valence-electron chi connectivity index (χ4n) is 2.76. The number of halogens is 1. The smallest absolute Gasteiger partial charge is 0.262 e. The first-order chi connectivity index (χ1) is 13.7. The summed E-state index contributed by atoms with van der Waals surface area (Å²) >= 11 is 0. The van der Waals surface area contributed by atoms with Crippen molar-refractivity contribution in [1.82, 2.24) is 10.0 Å². The Morgan fingerprint density at radius 3 is 2.69 bits per heavy atom. The fraction of sp³-hybridized carbons (Fsp3) is 0.263. The lowest BCUT2D eigenvalue weighted by Crippen LogP contribution is -2.32. The van der Waals surface area contributed by atoms with E-state index in [0.717, 1.165) is 29.8 Å². The Morgan fingerprint density at radius 1 is 1.24 bits per heavy atom. The van der Waals surface area contributed by atoms with Gasteiger partial charge in [0.1, 0.15) is 11.6 Å². The summed E-state index contributed by atoms with van der Waals surface area (Å²) in [7, 11) is -3.82. The second-order valence-corrected chi connectivity index (χ2v) is 8.25. The molecule has 0 bridgehead atoms. The normalized spacial score (nSPS) is 14.3. The van der Waals surface area contributed by atoms with Crippen LogP contribution in [0.3, 0.4) is 0 Å². The molecule has 0 aromatic heterocycles. The Balaban J connectivity index is 1.52. The molecule has 10 heteroatoms. The topological polar surface area (TPSA) is 114 Å². The molecule has 154 valence electrons. The van der Waals surface area contributed by atoms with E-state index < -0.39 is 15.8 Å². The van der Waals surface area contributed by atoms with E-state index >= 15 is 0 Å². The molecule has 8 nitrogen and oxygen atoms in total. The van der Waals surface area contributed by atoms with Crippen LogP contribution in [0.5, 0.6) is 5.75 Å². The van der Waals surface area contributed by atoms with Gasteiger partial charge in [-0.05, 0) is 48.9 Å². The van der Waals surface area contributed by atoms with Crippen molar-refractivity contribution in [2.24, 2.45) is 0 Å². The number of hydrogen-bond donors (Lipinski definition) is 3. The third-order valence-corrected chi connectivity index (χ3v) is 5.76. The highest BCUT2D eigenvalue weighted by atomic mass is 32.2. The Hall–Kier alpha value is -2.98. The van der Waals surface area contributed by atoms with Crippen LogP contribution in [0, 0.1) is 5.82 Å². The molecule has 1 aliphatic rings. The van der Waals surface area contributed by atoms with Gasteiger partial charge in [-0.3, -0.25) is 9.59 Å². The Labute approximate surface area is 167 Å². The first-order valence-corrected chi connectivity index (χ1v) is 10.3. The number of fused-ring (bicyclic) bond motifs is 1. The van der Waals surface area contributed by atoms with Crippen molar-refractivity contribution in [3.8, 4) is 5.75 Å². The van der Waals surface area contributed by atoms with E-state index in [9.17, 15) is 22.4 Å². The minimum atomic E-state index is -3.82. The lowest BCUT2D eigenvalue weighted by molar-refractivity contribution is -0.121. The summed E-state index contributed by atoms with van der Waals surface area (Å²) in [6, 6.07) is 9.25. The van der Waals surface area contributed by atoms with Gasteiger partial charge in [0.05, 0.1) is 16.6 Å². The number of ether oxygens (including phenoxy) is 1. The highest BCUT2D eigenvalue weighted by Gasteiger charge is 2.19. The Morgan fingerprint density at radius 2 is 1.97 bits per heavy atom. The van der Waals surface area contributed by atoms with Crippen LogP contribution in [0.1, 0.15) is 24.9 Å². The number of nitrogens with one attached hydrogen (secondary N) is 3. The number of anilines is 1. The lowest BCUT2D eigenvalue weighted by atomic mass is 10.1. The standard InChI is InChI=1S/C19H20FN3O5S/c1-12(13-2-7-17-16(10-13)23-19(25)11-28-17)22-18(24)8-9-21-29(26,27)15-5-3-14(20)4-6-15/h2-7,10,12,21H,8-9,11H2,1H3,(H,22,24)(H,23,25). The molecule has 2 aromatic carbocycles. The summed E-state index contributed by atoms with van der Waals surface area (Å²) in [6.07, 6.45) is -0.0739.